The minimum atomic E-state index is -0.466. The van der Waals surface area contributed by atoms with Crippen molar-refractivity contribution in [3.8, 4) is 0 Å². The highest BCUT2D eigenvalue weighted by Crippen LogP contribution is 2.42. The number of fused-ring (bicyclic) bond motifs is 3. The number of amides is 1. The molecule has 0 spiro atoms. The Kier molecular flexibility index (Phi) is 7.25. The summed E-state index contributed by atoms with van der Waals surface area (Å²) in [5.41, 5.74) is 11.7. The van der Waals surface area contributed by atoms with Gasteiger partial charge in [0.25, 0.3) is 5.91 Å². The molecule has 1 atom stereocenters. The third-order valence-electron chi connectivity index (χ3n) is 7.57. The molecule has 3 aromatic rings. The number of hydrogen-bond acceptors (Lipinski definition) is 6. The van der Waals surface area contributed by atoms with E-state index in [1.807, 2.05) is 54.6 Å². The predicted octanol–water partition coefficient (Wildman–Crippen LogP) is 3.76. The first kappa shape index (κ1) is 25.1. The minimum Gasteiger partial charge on any atom is -0.484 e. The van der Waals surface area contributed by atoms with Gasteiger partial charge in [-0.15, -0.1) is 0 Å². The van der Waals surface area contributed by atoms with Crippen LogP contribution in [-0.2, 0) is 38.5 Å². The second kappa shape index (κ2) is 11.3. The molecule has 7 heteroatoms. The van der Waals surface area contributed by atoms with Crippen LogP contribution in [0.4, 0.5) is 0 Å². The summed E-state index contributed by atoms with van der Waals surface area (Å²) in [7, 11) is 0. The normalized spacial score (nSPS) is 22.6. The van der Waals surface area contributed by atoms with Gasteiger partial charge in [-0.25, -0.2) is 5.43 Å². The molecular weight excluding hydrogens is 490 g/mol. The van der Waals surface area contributed by atoms with Gasteiger partial charge in [0, 0.05) is 24.7 Å². The maximum absolute atomic E-state index is 14.7. The van der Waals surface area contributed by atoms with Crippen molar-refractivity contribution >= 4 is 11.7 Å². The SMILES string of the molecule is O=C1/C=C\NNC2COCCN2C(=O)/C(C2c3ccccc3CCc3ccccc32)=C/1OCc1ccccc1. The lowest BCUT2D eigenvalue weighted by atomic mass is 9.80. The molecule has 0 radical (unpaired) electrons. The Morgan fingerprint density at radius 2 is 1.54 bits per heavy atom. The highest BCUT2D eigenvalue weighted by Gasteiger charge is 2.39. The molecule has 198 valence electrons. The van der Waals surface area contributed by atoms with Crippen LogP contribution in [0.3, 0.4) is 0 Å². The predicted molar refractivity (Wildman–Crippen MR) is 147 cm³/mol. The summed E-state index contributed by atoms with van der Waals surface area (Å²) in [5, 5.41) is 0. The van der Waals surface area contributed by atoms with Crippen molar-refractivity contribution in [2.24, 2.45) is 0 Å². The van der Waals surface area contributed by atoms with Crippen molar-refractivity contribution in [2.75, 3.05) is 19.8 Å². The van der Waals surface area contributed by atoms with Gasteiger partial charge in [-0.3, -0.25) is 9.59 Å². The summed E-state index contributed by atoms with van der Waals surface area (Å²) >= 11 is 0. The maximum atomic E-state index is 14.7. The van der Waals surface area contributed by atoms with E-state index in [0.717, 1.165) is 29.5 Å². The van der Waals surface area contributed by atoms with Crippen molar-refractivity contribution < 1.29 is 19.1 Å². The topological polar surface area (TPSA) is 79.9 Å². The standard InChI is InChI=1S/C32H31N3O4/c36-27-16-17-33-34-28-21-38-19-18-35(28)32(37)30(31(27)39-20-22-8-2-1-3-9-22)29-25-12-6-4-10-23(25)14-15-24-11-5-7-13-26(24)29/h1-13,16-17,28-29,33-34H,14-15,18-21H2/b17-16-,31-30-. The number of carbonyl (C=O) groups is 2. The van der Waals surface area contributed by atoms with Crippen molar-refractivity contribution in [3.05, 3.63) is 130 Å². The average Bonchev–Trinajstić information content (AvgIpc) is 3.14. The molecule has 7 nitrogen and oxygen atoms in total. The van der Waals surface area contributed by atoms with Gasteiger partial charge in [0.1, 0.15) is 12.8 Å². The number of aryl methyl sites for hydroxylation is 2. The smallest absolute Gasteiger partial charge is 0.256 e. The summed E-state index contributed by atoms with van der Waals surface area (Å²) in [4.78, 5) is 30.2. The minimum absolute atomic E-state index is 0.0746. The van der Waals surface area contributed by atoms with Crippen LogP contribution in [0.25, 0.3) is 0 Å². The number of hydrazine groups is 1. The summed E-state index contributed by atoms with van der Waals surface area (Å²) in [5.74, 6) is -0.993. The Bertz CT molecular complexity index is 1380. The second-order valence-electron chi connectivity index (χ2n) is 9.92. The molecule has 2 heterocycles. The lowest BCUT2D eigenvalue weighted by molar-refractivity contribution is -0.138. The van der Waals surface area contributed by atoms with Gasteiger partial charge < -0.3 is 19.8 Å². The van der Waals surface area contributed by atoms with Crippen LogP contribution in [-0.4, -0.2) is 42.5 Å². The summed E-state index contributed by atoms with van der Waals surface area (Å²) in [6.07, 6.45) is 4.25. The van der Waals surface area contributed by atoms with Crippen LogP contribution in [0.2, 0.25) is 0 Å². The molecule has 1 aliphatic carbocycles. The Hall–Kier alpha value is -4.20. The van der Waals surface area contributed by atoms with Crippen LogP contribution >= 0.6 is 0 Å². The van der Waals surface area contributed by atoms with Gasteiger partial charge in [-0.2, -0.15) is 0 Å². The summed E-state index contributed by atoms with van der Waals surface area (Å²) in [6.45, 7) is 1.30. The number of allylic oxidation sites excluding steroid dienone is 1. The number of ketones is 1. The molecule has 2 N–H and O–H groups in total. The summed E-state index contributed by atoms with van der Waals surface area (Å²) in [6, 6.07) is 26.1. The fourth-order valence-corrected chi connectivity index (χ4v) is 5.66. The van der Waals surface area contributed by atoms with E-state index in [2.05, 4.69) is 35.1 Å². The van der Waals surface area contributed by atoms with E-state index in [1.54, 1.807) is 11.1 Å². The summed E-state index contributed by atoms with van der Waals surface area (Å²) < 4.78 is 12.0. The van der Waals surface area contributed by atoms with Crippen LogP contribution < -0.4 is 10.9 Å². The van der Waals surface area contributed by atoms with E-state index in [9.17, 15) is 9.59 Å². The van der Waals surface area contributed by atoms with Crippen LogP contribution in [0.1, 0.15) is 33.7 Å². The molecule has 2 aliphatic heterocycles. The van der Waals surface area contributed by atoms with E-state index in [0.29, 0.717) is 25.3 Å². The fraction of sp³-hybridized carbons (Fsp3) is 0.250. The number of nitrogens with zero attached hydrogens (tertiary/aromatic N) is 1. The van der Waals surface area contributed by atoms with Gasteiger partial charge in [0.2, 0.25) is 5.78 Å². The first-order valence-electron chi connectivity index (χ1n) is 13.4. The molecule has 1 saturated heterocycles. The Balaban J connectivity index is 1.59. The molecule has 39 heavy (non-hydrogen) atoms. The second-order valence-corrected chi connectivity index (χ2v) is 9.92. The van der Waals surface area contributed by atoms with Gasteiger partial charge >= 0.3 is 0 Å². The number of hydrogen-bond donors (Lipinski definition) is 2. The van der Waals surface area contributed by atoms with Crippen LogP contribution in [0.5, 0.6) is 0 Å². The third-order valence-corrected chi connectivity index (χ3v) is 7.57. The molecule has 3 aromatic carbocycles. The zero-order chi connectivity index (χ0) is 26.6. The molecule has 0 bridgehead atoms. The average molecular weight is 522 g/mol. The van der Waals surface area contributed by atoms with E-state index in [1.165, 1.54) is 17.2 Å². The van der Waals surface area contributed by atoms with Gasteiger partial charge in [-0.1, -0.05) is 78.9 Å². The van der Waals surface area contributed by atoms with Crippen molar-refractivity contribution in [2.45, 2.75) is 31.5 Å². The van der Waals surface area contributed by atoms with E-state index < -0.39 is 12.1 Å². The van der Waals surface area contributed by atoms with E-state index in [4.69, 9.17) is 9.47 Å². The van der Waals surface area contributed by atoms with E-state index >= 15 is 0 Å². The fourth-order valence-electron chi connectivity index (χ4n) is 5.66. The largest absolute Gasteiger partial charge is 0.484 e. The maximum Gasteiger partial charge on any atom is 0.256 e. The van der Waals surface area contributed by atoms with Crippen molar-refractivity contribution in [3.63, 3.8) is 0 Å². The molecule has 0 aromatic heterocycles. The van der Waals surface area contributed by atoms with Crippen molar-refractivity contribution in [1.82, 2.24) is 15.8 Å². The quantitative estimate of drug-likeness (QED) is 0.544. The van der Waals surface area contributed by atoms with Gasteiger partial charge in [0.15, 0.2) is 5.76 Å². The van der Waals surface area contributed by atoms with Gasteiger partial charge in [-0.05, 0) is 40.7 Å². The third kappa shape index (κ3) is 5.11. The monoisotopic (exact) mass is 521 g/mol. The first-order valence-corrected chi connectivity index (χ1v) is 13.4. The number of benzene rings is 3. The molecule has 1 amide bonds. The zero-order valence-electron chi connectivity index (χ0n) is 21.6. The lowest BCUT2D eigenvalue weighted by Crippen LogP contribution is -2.59. The highest BCUT2D eigenvalue weighted by atomic mass is 16.5. The van der Waals surface area contributed by atoms with Crippen molar-refractivity contribution in [1.29, 1.82) is 0 Å². The molecule has 6 rings (SSSR count). The number of carbonyl (C=O) groups excluding carboxylic acids is 2. The Morgan fingerprint density at radius 1 is 0.872 bits per heavy atom. The number of ether oxygens (including phenoxy) is 2. The molecule has 3 aliphatic rings. The Labute approximate surface area is 228 Å². The number of nitrogens with one attached hydrogen (secondary N) is 2. The molecule has 1 fully saturated rings. The lowest BCUT2D eigenvalue weighted by Gasteiger charge is -2.38. The zero-order valence-corrected chi connectivity index (χ0v) is 21.6. The molecular formula is C32H31N3O4. The van der Waals surface area contributed by atoms with E-state index in [-0.39, 0.29) is 24.1 Å². The first-order chi connectivity index (χ1) is 19.2. The Morgan fingerprint density at radius 3 is 2.26 bits per heavy atom. The highest BCUT2D eigenvalue weighted by molar-refractivity contribution is 6.10. The van der Waals surface area contributed by atoms with Gasteiger partial charge in [0.05, 0.1) is 18.8 Å². The van der Waals surface area contributed by atoms with Crippen LogP contribution in [0.15, 0.2) is 102 Å². The number of morpholine rings is 1. The molecule has 1 unspecified atom stereocenters. The molecule has 0 saturated carbocycles. The van der Waals surface area contributed by atoms with Crippen LogP contribution in [0, 0.1) is 0 Å². The number of rotatable bonds is 4.